The number of aliphatic hydroxyl groups excluding tert-OH is 1. The van der Waals surface area contributed by atoms with Crippen LogP contribution in [0.5, 0.6) is 0 Å². The molecule has 2 saturated heterocycles. The zero-order chi connectivity index (χ0) is 17.6. The monoisotopic (exact) mass is 346 g/mol. The molecule has 0 bridgehead atoms. The maximum absolute atomic E-state index is 13.5. The molecule has 0 unspecified atom stereocenters. The predicted octanol–water partition coefficient (Wildman–Crippen LogP) is 2.55. The summed E-state index contributed by atoms with van der Waals surface area (Å²) in [6.45, 7) is 6.25. The summed E-state index contributed by atoms with van der Waals surface area (Å²) < 4.78 is 24.8. The minimum absolute atomic E-state index is 0.115. The van der Waals surface area contributed by atoms with Crippen molar-refractivity contribution < 1.29 is 18.8 Å². The minimum Gasteiger partial charge on any atom is -0.389 e. The highest BCUT2D eigenvalue weighted by atomic mass is 19.1. The number of benzene rings is 1. The Morgan fingerprint density at radius 2 is 2.24 bits per heavy atom. The fourth-order valence-corrected chi connectivity index (χ4v) is 4.15. The van der Waals surface area contributed by atoms with Crippen LogP contribution >= 0.6 is 0 Å². The van der Waals surface area contributed by atoms with Crippen LogP contribution in [0.2, 0.25) is 0 Å². The summed E-state index contributed by atoms with van der Waals surface area (Å²) in [4.78, 5) is 2.19. The fraction of sp³-hybridized carbons (Fsp3) is 0.526. The van der Waals surface area contributed by atoms with Crippen LogP contribution in [0.3, 0.4) is 0 Å². The number of β-amino-alcohol motifs (C(OH)–C–C–N with tert-alkyl or cyclic N) is 1. The first-order valence-corrected chi connectivity index (χ1v) is 8.68. The standard InChI is InChI=1S/C19H23FN2O3/c1-12-17(13(2)25-21-12)8-22-9-18(23)19(11-22)7-15(10-24-19)14-4-3-5-16(20)6-14/h3-6,15,18,23H,7-11H2,1-2H3/t15-,18+,19+/m0/s1. The number of rotatable bonds is 3. The van der Waals surface area contributed by atoms with Gasteiger partial charge in [0, 0.05) is 31.1 Å². The lowest BCUT2D eigenvalue weighted by Gasteiger charge is -2.26. The molecule has 6 heteroatoms. The van der Waals surface area contributed by atoms with Crippen molar-refractivity contribution in [3.05, 3.63) is 52.7 Å². The summed E-state index contributed by atoms with van der Waals surface area (Å²) in [6.07, 6.45) is 0.155. The van der Waals surface area contributed by atoms with Gasteiger partial charge in [-0.1, -0.05) is 17.3 Å². The quantitative estimate of drug-likeness (QED) is 0.926. The van der Waals surface area contributed by atoms with E-state index in [9.17, 15) is 9.50 Å². The molecule has 5 nitrogen and oxygen atoms in total. The number of likely N-dealkylation sites (tertiary alicyclic amines) is 1. The molecule has 0 aliphatic carbocycles. The Hall–Kier alpha value is -1.76. The number of nitrogens with zero attached hydrogens (tertiary/aromatic N) is 2. The van der Waals surface area contributed by atoms with E-state index in [1.165, 1.54) is 6.07 Å². The van der Waals surface area contributed by atoms with Gasteiger partial charge < -0.3 is 14.4 Å². The molecule has 0 saturated carbocycles. The zero-order valence-electron chi connectivity index (χ0n) is 14.5. The van der Waals surface area contributed by atoms with Gasteiger partial charge in [0.1, 0.15) is 17.2 Å². The van der Waals surface area contributed by atoms with Crippen LogP contribution in [0.25, 0.3) is 0 Å². The zero-order valence-corrected chi connectivity index (χ0v) is 14.5. The van der Waals surface area contributed by atoms with Gasteiger partial charge in [-0.15, -0.1) is 0 Å². The normalized spacial score (nSPS) is 29.8. The number of aryl methyl sites for hydroxylation is 2. The Morgan fingerprint density at radius 1 is 1.40 bits per heavy atom. The van der Waals surface area contributed by atoms with E-state index < -0.39 is 11.7 Å². The largest absolute Gasteiger partial charge is 0.389 e. The fourth-order valence-electron chi connectivity index (χ4n) is 4.15. The molecule has 1 aromatic carbocycles. The van der Waals surface area contributed by atoms with Gasteiger partial charge >= 0.3 is 0 Å². The molecule has 3 heterocycles. The molecular formula is C19H23FN2O3. The van der Waals surface area contributed by atoms with Crippen LogP contribution in [0, 0.1) is 19.7 Å². The summed E-state index contributed by atoms with van der Waals surface area (Å²) in [7, 11) is 0. The highest BCUT2D eigenvalue weighted by Gasteiger charge is 2.52. The van der Waals surface area contributed by atoms with E-state index in [0.717, 1.165) is 22.6 Å². The molecule has 1 N–H and O–H groups in total. The Kier molecular flexibility index (Phi) is 4.14. The second kappa shape index (κ2) is 6.20. The first-order valence-electron chi connectivity index (χ1n) is 8.68. The molecule has 2 aliphatic heterocycles. The molecule has 134 valence electrons. The number of ether oxygens (including phenoxy) is 1. The molecule has 2 aromatic rings. The number of aromatic nitrogens is 1. The van der Waals surface area contributed by atoms with Gasteiger partial charge in [0.05, 0.1) is 18.4 Å². The van der Waals surface area contributed by atoms with Gasteiger partial charge in [0.25, 0.3) is 0 Å². The van der Waals surface area contributed by atoms with E-state index in [0.29, 0.717) is 32.7 Å². The first-order chi connectivity index (χ1) is 12.0. The van der Waals surface area contributed by atoms with E-state index in [2.05, 4.69) is 10.1 Å². The van der Waals surface area contributed by atoms with Gasteiger partial charge in [-0.05, 0) is 38.0 Å². The molecule has 4 rings (SSSR count). The Morgan fingerprint density at radius 3 is 2.96 bits per heavy atom. The Labute approximate surface area is 146 Å². The van der Waals surface area contributed by atoms with Crippen LogP contribution in [-0.4, -0.2) is 46.6 Å². The van der Waals surface area contributed by atoms with Crippen molar-refractivity contribution in [3.63, 3.8) is 0 Å². The molecule has 0 radical (unpaired) electrons. The minimum atomic E-state index is -0.573. The topological polar surface area (TPSA) is 58.7 Å². The number of aliphatic hydroxyl groups is 1. The molecule has 0 amide bonds. The average Bonchev–Trinajstić information content (AvgIpc) is 3.23. The predicted molar refractivity (Wildman–Crippen MR) is 89.7 cm³/mol. The molecule has 1 spiro atoms. The van der Waals surface area contributed by atoms with Crippen LogP contribution in [0.15, 0.2) is 28.8 Å². The average molecular weight is 346 g/mol. The van der Waals surface area contributed by atoms with Crippen molar-refractivity contribution in [2.24, 2.45) is 0 Å². The summed E-state index contributed by atoms with van der Waals surface area (Å²) in [5.74, 6) is 0.702. The third kappa shape index (κ3) is 2.99. The number of hydrogen-bond donors (Lipinski definition) is 1. The van der Waals surface area contributed by atoms with Gasteiger partial charge in [0.2, 0.25) is 0 Å². The number of halogens is 1. The highest BCUT2D eigenvalue weighted by Crippen LogP contribution is 2.42. The van der Waals surface area contributed by atoms with Gasteiger partial charge in [-0.25, -0.2) is 4.39 Å². The van der Waals surface area contributed by atoms with E-state index in [4.69, 9.17) is 9.26 Å². The Bertz CT molecular complexity index is 758. The summed E-state index contributed by atoms with van der Waals surface area (Å²) in [5, 5.41) is 14.7. The maximum Gasteiger partial charge on any atom is 0.138 e. The SMILES string of the molecule is Cc1noc(C)c1CN1C[C@@H](O)[C@@]2(C[C@H](c3cccc(F)c3)CO2)C1. The van der Waals surface area contributed by atoms with Crippen LogP contribution in [0.1, 0.15) is 34.9 Å². The maximum atomic E-state index is 13.5. The van der Waals surface area contributed by atoms with Gasteiger partial charge in [-0.3, -0.25) is 4.90 Å². The highest BCUT2D eigenvalue weighted by molar-refractivity contribution is 5.25. The lowest BCUT2D eigenvalue weighted by atomic mass is 9.87. The van der Waals surface area contributed by atoms with Crippen LogP contribution in [0.4, 0.5) is 4.39 Å². The molecule has 25 heavy (non-hydrogen) atoms. The first kappa shape index (κ1) is 16.7. The van der Waals surface area contributed by atoms with Crippen molar-refractivity contribution in [3.8, 4) is 0 Å². The Balaban J connectivity index is 1.48. The van der Waals surface area contributed by atoms with Crippen molar-refractivity contribution in [2.45, 2.75) is 44.4 Å². The van der Waals surface area contributed by atoms with Gasteiger partial charge in [-0.2, -0.15) is 0 Å². The molecule has 1 aromatic heterocycles. The molecular weight excluding hydrogens is 323 g/mol. The third-order valence-electron chi connectivity index (χ3n) is 5.58. The van der Waals surface area contributed by atoms with E-state index in [1.807, 2.05) is 19.9 Å². The van der Waals surface area contributed by atoms with Crippen molar-refractivity contribution in [2.75, 3.05) is 19.7 Å². The second-order valence-corrected chi connectivity index (χ2v) is 7.32. The summed E-state index contributed by atoms with van der Waals surface area (Å²) >= 11 is 0. The molecule has 3 atom stereocenters. The van der Waals surface area contributed by atoms with Crippen molar-refractivity contribution >= 4 is 0 Å². The third-order valence-corrected chi connectivity index (χ3v) is 5.58. The number of hydrogen-bond acceptors (Lipinski definition) is 5. The lowest BCUT2D eigenvalue weighted by molar-refractivity contribution is -0.0594. The smallest absolute Gasteiger partial charge is 0.138 e. The van der Waals surface area contributed by atoms with Crippen molar-refractivity contribution in [1.29, 1.82) is 0 Å². The van der Waals surface area contributed by atoms with Crippen LogP contribution < -0.4 is 0 Å². The second-order valence-electron chi connectivity index (χ2n) is 7.32. The van der Waals surface area contributed by atoms with Crippen molar-refractivity contribution in [1.82, 2.24) is 10.1 Å². The lowest BCUT2D eigenvalue weighted by Crippen LogP contribution is -2.41. The van der Waals surface area contributed by atoms with Crippen LogP contribution in [-0.2, 0) is 11.3 Å². The summed E-state index contributed by atoms with van der Waals surface area (Å²) in [5.41, 5.74) is 2.32. The van der Waals surface area contributed by atoms with Gasteiger partial charge in [0.15, 0.2) is 0 Å². The summed E-state index contributed by atoms with van der Waals surface area (Å²) in [6, 6.07) is 6.67. The van der Waals surface area contributed by atoms with E-state index in [-0.39, 0.29) is 11.7 Å². The van der Waals surface area contributed by atoms with E-state index >= 15 is 0 Å². The molecule has 2 fully saturated rings. The molecule has 2 aliphatic rings. The van der Waals surface area contributed by atoms with E-state index in [1.54, 1.807) is 12.1 Å².